The maximum atomic E-state index is 13.1. The molecule has 128 valence electrons. The average molecular weight is 316 g/mol. The first-order valence-corrected chi connectivity index (χ1v) is 9.21. The van der Waals surface area contributed by atoms with E-state index in [2.05, 4.69) is 43.1 Å². The van der Waals surface area contributed by atoms with Crippen LogP contribution in [0.4, 0.5) is 0 Å². The molecule has 1 aliphatic heterocycles. The summed E-state index contributed by atoms with van der Waals surface area (Å²) in [5.74, 6) is 1.43. The Labute approximate surface area is 141 Å². The van der Waals surface area contributed by atoms with Crippen molar-refractivity contribution < 1.29 is 4.79 Å². The minimum absolute atomic E-state index is 0.00603. The van der Waals surface area contributed by atoms with Crippen molar-refractivity contribution in [2.45, 2.75) is 46.0 Å². The predicted molar refractivity (Wildman–Crippen MR) is 96.5 cm³/mol. The molecule has 0 spiro atoms. The highest BCUT2D eigenvalue weighted by Gasteiger charge is 2.31. The topological polar surface area (TPSA) is 32.3 Å². The lowest BCUT2D eigenvalue weighted by atomic mass is 9.83. The third-order valence-corrected chi connectivity index (χ3v) is 5.25. The molecule has 0 saturated carbocycles. The van der Waals surface area contributed by atoms with Crippen LogP contribution in [0.3, 0.4) is 0 Å². The number of nitrogens with one attached hydrogen (secondary N) is 1. The Balaban J connectivity index is 2.02. The quantitative estimate of drug-likeness (QED) is 0.832. The normalized spacial score (nSPS) is 18.7. The van der Waals surface area contributed by atoms with Gasteiger partial charge >= 0.3 is 0 Å². The van der Waals surface area contributed by atoms with Gasteiger partial charge in [0.1, 0.15) is 0 Å². The summed E-state index contributed by atoms with van der Waals surface area (Å²) in [6, 6.07) is 10.3. The van der Waals surface area contributed by atoms with Crippen LogP contribution in [-0.2, 0) is 4.79 Å². The van der Waals surface area contributed by atoms with E-state index >= 15 is 0 Å². The number of likely N-dealkylation sites (tertiary alicyclic amines) is 1. The molecule has 1 aromatic rings. The minimum Gasteiger partial charge on any atom is -0.342 e. The molecule has 0 aliphatic carbocycles. The Morgan fingerprint density at radius 3 is 2.43 bits per heavy atom. The molecule has 23 heavy (non-hydrogen) atoms. The number of carbonyl (C=O) groups excluding carboxylic acids is 1. The van der Waals surface area contributed by atoms with Crippen molar-refractivity contribution in [1.29, 1.82) is 0 Å². The first-order chi connectivity index (χ1) is 11.2. The highest BCUT2D eigenvalue weighted by Crippen LogP contribution is 2.30. The standard InChI is InChI=1S/C20H32N2O/c1-4-16(3)19(18-9-7-6-8-10-18)20(23)22-13-11-17(12-14-22)15-21-5-2/h6-10,16-17,19,21H,4-5,11-15H2,1-3H3. The fourth-order valence-electron chi connectivity index (χ4n) is 3.51. The highest BCUT2D eigenvalue weighted by atomic mass is 16.2. The van der Waals surface area contributed by atoms with Gasteiger partial charge in [0.25, 0.3) is 0 Å². The van der Waals surface area contributed by atoms with Crippen LogP contribution >= 0.6 is 0 Å². The van der Waals surface area contributed by atoms with Crippen molar-refractivity contribution in [3.63, 3.8) is 0 Å². The number of amides is 1. The van der Waals surface area contributed by atoms with E-state index in [-0.39, 0.29) is 5.92 Å². The summed E-state index contributed by atoms with van der Waals surface area (Å²) in [5, 5.41) is 3.43. The lowest BCUT2D eigenvalue weighted by Gasteiger charge is -2.36. The molecule has 3 nitrogen and oxygen atoms in total. The first kappa shape index (κ1) is 18.0. The van der Waals surface area contributed by atoms with E-state index in [9.17, 15) is 4.79 Å². The van der Waals surface area contributed by atoms with Gasteiger partial charge in [0.05, 0.1) is 5.92 Å². The molecule has 1 heterocycles. The fraction of sp³-hybridized carbons (Fsp3) is 0.650. The van der Waals surface area contributed by atoms with E-state index in [1.165, 1.54) is 5.56 Å². The van der Waals surface area contributed by atoms with Gasteiger partial charge in [0, 0.05) is 13.1 Å². The molecule has 2 atom stereocenters. The Hall–Kier alpha value is -1.35. The van der Waals surface area contributed by atoms with Crippen molar-refractivity contribution >= 4 is 5.91 Å². The van der Waals surface area contributed by atoms with Crippen LogP contribution < -0.4 is 5.32 Å². The summed E-state index contributed by atoms with van der Waals surface area (Å²) < 4.78 is 0. The SMILES string of the molecule is CCNCC1CCN(C(=O)C(c2ccccc2)C(C)CC)CC1. The molecule has 3 heteroatoms. The number of hydrogen-bond donors (Lipinski definition) is 1. The summed E-state index contributed by atoms with van der Waals surface area (Å²) in [6.45, 7) is 10.5. The Bertz CT molecular complexity index is 466. The van der Waals surface area contributed by atoms with Crippen LogP contribution in [0.1, 0.15) is 51.5 Å². The number of benzene rings is 1. The molecule has 0 aromatic heterocycles. The predicted octanol–water partition coefficient (Wildman–Crippen LogP) is 3.66. The second-order valence-corrected chi connectivity index (χ2v) is 6.85. The molecule has 1 aliphatic rings. The van der Waals surface area contributed by atoms with E-state index < -0.39 is 0 Å². The molecule has 0 bridgehead atoms. The third-order valence-electron chi connectivity index (χ3n) is 5.25. The molecule has 2 rings (SSSR count). The Kier molecular flexibility index (Phi) is 7.10. The molecular formula is C20H32N2O. The molecule has 1 N–H and O–H groups in total. The lowest BCUT2D eigenvalue weighted by molar-refractivity contribution is -0.135. The van der Waals surface area contributed by atoms with Gasteiger partial charge in [0.15, 0.2) is 0 Å². The number of hydrogen-bond acceptors (Lipinski definition) is 2. The maximum absolute atomic E-state index is 13.1. The molecular weight excluding hydrogens is 284 g/mol. The lowest BCUT2D eigenvalue weighted by Crippen LogP contribution is -2.44. The van der Waals surface area contributed by atoms with Gasteiger partial charge < -0.3 is 10.2 Å². The highest BCUT2D eigenvalue weighted by molar-refractivity contribution is 5.84. The fourth-order valence-corrected chi connectivity index (χ4v) is 3.51. The van der Waals surface area contributed by atoms with E-state index in [1.54, 1.807) is 0 Å². The minimum atomic E-state index is 0.00603. The Morgan fingerprint density at radius 1 is 1.22 bits per heavy atom. The van der Waals surface area contributed by atoms with Crippen molar-refractivity contribution in [2.24, 2.45) is 11.8 Å². The molecule has 0 radical (unpaired) electrons. The van der Waals surface area contributed by atoms with E-state index in [0.29, 0.717) is 11.8 Å². The molecule has 1 amide bonds. The van der Waals surface area contributed by atoms with Crippen LogP contribution in [0.2, 0.25) is 0 Å². The number of rotatable bonds is 7. The van der Waals surface area contributed by atoms with Crippen molar-refractivity contribution in [1.82, 2.24) is 10.2 Å². The second-order valence-electron chi connectivity index (χ2n) is 6.85. The van der Waals surface area contributed by atoms with Gasteiger partial charge in [-0.25, -0.2) is 0 Å². The number of piperidine rings is 1. The van der Waals surface area contributed by atoms with Gasteiger partial charge in [-0.3, -0.25) is 4.79 Å². The van der Waals surface area contributed by atoms with Gasteiger partial charge in [0.2, 0.25) is 5.91 Å². The van der Waals surface area contributed by atoms with Crippen molar-refractivity contribution in [3.8, 4) is 0 Å². The monoisotopic (exact) mass is 316 g/mol. The molecule has 1 saturated heterocycles. The number of carbonyl (C=O) groups is 1. The van der Waals surface area contributed by atoms with Gasteiger partial charge in [-0.1, -0.05) is 57.5 Å². The zero-order chi connectivity index (χ0) is 16.7. The number of nitrogens with zero attached hydrogens (tertiary/aromatic N) is 1. The van der Waals surface area contributed by atoms with Crippen LogP contribution in [0.5, 0.6) is 0 Å². The third kappa shape index (κ3) is 4.81. The maximum Gasteiger partial charge on any atom is 0.230 e. The largest absolute Gasteiger partial charge is 0.342 e. The van der Waals surface area contributed by atoms with Crippen molar-refractivity contribution in [2.75, 3.05) is 26.2 Å². The summed E-state index contributed by atoms with van der Waals surface area (Å²) in [6.07, 6.45) is 3.28. The van der Waals surface area contributed by atoms with Gasteiger partial charge in [-0.15, -0.1) is 0 Å². The van der Waals surface area contributed by atoms with Crippen LogP contribution in [-0.4, -0.2) is 37.0 Å². The van der Waals surface area contributed by atoms with Crippen molar-refractivity contribution in [3.05, 3.63) is 35.9 Å². The summed E-state index contributed by atoms with van der Waals surface area (Å²) >= 11 is 0. The van der Waals surface area contributed by atoms with Crippen LogP contribution in [0.25, 0.3) is 0 Å². The molecule has 1 fully saturated rings. The first-order valence-electron chi connectivity index (χ1n) is 9.21. The zero-order valence-corrected chi connectivity index (χ0v) is 14.9. The summed E-state index contributed by atoms with van der Waals surface area (Å²) in [4.78, 5) is 15.2. The summed E-state index contributed by atoms with van der Waals surface area (Å²) in [7, 11) is 0. The van der Waals surface area contributed by atoms with E-state index in [0.717, 1.165) is 51.4 Å². The van der Waals surface area contributed by atoms with Crippen LogP contribution in [0, 0.1) is 11.8 Å². The second kappa shape index (κ2) is 9.07. The Morgan fingerprint density at radius 2 is 1.87 bits per heavy atom. The summed E-state index contributed by atoms with van der Waals surface area (Å²) in [5.41, 5.74) is 1.17. The zero-order valence-electron chi connectivity index (χ0n) is 14.9. The smallest absolute Gasteiger partial charge is 0.230 e. The molecule has 2 unspecified atom stereocenters. The average Bonchev–Trinajstić information content (AvgIpc) is 2.61. The van der Waals surface area contributed by atoms with E-state index in [4.69, 9.17) is 0 Å². The molecule has 1 aromatic carbocycles. The van der Waals surface area contributed by atoms with Crippen LogP contribution in [0.15, 0.2) is 30.3 Å². The van der Waals surface area contributed by atoms with Gasteiger partial charge in [-0.2, -0.15) is 0 Å². The van der Waals surface area contributed by atoms with E-state index in [1.807, 2.05) is 18.2 Å². The van der Waals surface area contributed by atoms with Gasteiger partial charge in [-0.05, 0) is 43.3 Å².